The average molecular weight is 485 g/mol. The lowest BCUT2D eigenvalue weighted by Crippen LogP contribution is -2.59. The molecular weight excluding hydrogens is 456 g/mol. The Morgan fingerprint density at radius 3 is 2.82 bits per heavy atom. The van der Waals surface area contributed by atoms with Crippen LogP contribution in [0.15, 0.2) is 30.9 Å². The summed E-state index contributed by atoms with van der Waals surface area (Å²) in [6, 6.07) is 3.92. The Balaban J connectivity index is 1.85. The summed E-state index contributed by atoms with van der Waals surface area (Å²) in [5.41, 5.74) is 8.26. The van der Waals surface area contributed by atoms with Crippen LogP contribution >= 0.6 is 0 Å². The van der Waals surface area contributed by atoms with Gasteiger partial charge in [-0.05, 0) is 25.5 Å². The third-order valence-corrected chi connectivity index (χ3v) is 8.50. The Hall–Kier alpha value is -3.43. The summed E-state index contributed by atoms with van der Waals surface area (Å²) in [6.45, 7) is 3.50. The average Bonchev–Trinajstić information content (AvgIpc) is 3.44. The second kappa shape index (κ2) is 9.08. The van der Waals surface area contributed by atoms with E-state index in [0.717, 1.165) is 11.1 Å². The molecule has 0 aliphatic carbocycles. The predicted molar refractivity (Wildman–Crippen MR) is 128 cm³/mol. The number of aryl methyl sites for hydroxylation is 1. The number of anilines is 1. The number of nitriles is 1. The van der Waals surface area contributed by atoms with Crippen LogP contribution in [0.5, 0.6) is 0 Å². The summed E-state index contributed by atoms with van der Waals surface area (Å²) < 4.78 is 29.6. The molecule has 4 heterocycles. The minimum absolute atomic E-state index is 0.123. The van der Waals surface area contributed by atoms with Crippen LogP contribution in [0, 0.1) is 17.2 Å². The Morgan fingerprint density at radius 1 is 1.35 bits per heavy atom. The van der Waals surface area contributed by atoms with E-state index < -0.39 is 20.6 Å². The fraction of sp³-hybridized carbons (Fsp3) is 0.455. The number of sulfone groups is 1. The van der Waals surface area contributed by atoms with Gasteiger partial charge >= 0.3 is 0 Å². The lowest BCUT2D eigenvalue weighted by Gasteiger charge is -2.44. The highest BCUT2D eigenvalue weighted by Crippen LogP contribution is 2.38. The molecule has 1 aliphatic rings. The van der Waals surface area contributed by atoms with E-state index in [9.17, 15) is 13.2 Å². The lowest BCUT2D eigenvalue weighted by atomic mass is 9.89. The van der Waals surface area contributed by atoms with Crippen molar-refractivity contribution in [3.05, 3.63) is 36.4 Å². The predicted octanol–water partition coefficient (Wildman–Crippen LogP) is 1.38. The first kappa shape index (κ1) is 23.7. The van der Waals surface area contributed by atoms with E-state index in [1.165, 1.54) is 12.5 Å². The normalized spacial score (nSPS) is 20.8. The second-order valence-electron chi connectivity index (χ2n) is 8.60. The molecule has 0 saturated carbocycles. The zero-order valence-corrected chi connectivity index (χ0v) is 20.0. The van der Waals surface area contributed by atoms with Crippen molar-refractivity contribution in [3.63, 3.8) is 0 Å². The van der Waals surface area contributed by atoms with Crippen LogP contribution < -0.4 is 16.4 Å². The molecule has 1 amide bonds. The maximum atomic E-state index is 13.2. The highest BCUT2D eigenvalue weighted by molar-refractivity contribution is 7.92. The molecule has 1 saturated heterocycles. The van der Waals surface area contributed by atoms with Gasteiger partial charge in [-0.25, -0.2) is 12.9 Å². The molecule has 0 aromatic carbocycles. The van der Waals surface area contributed by atoms with Gasteiger partial charge < -0.3 is 16.4 Å². The van der Waals surface area contributed by atoms with E-state index in [-0.39, 0.29) is 11.5 Å². The number of primary amides is 1. The second-order valence-corrected chi connectivity index (χ2v) is 10.9. The number of nitrogens with one attached hydrogen (secondary N) is 2. The largest absolute Gasteiger partial charge is 0.365 e. The van der Waals surface area contributed by atoms with Gasteiger partial charge in [-0.15, -0.1) is 0 Å². The summed E-state index contributed by atoms with van der Waals surface area (Å²) in [7, 11) is -3.58. The number of aromatic nitrogens is 4. The molecule has 4 N–H and O–H groups in total. The number of piperidine rings is 1. The number of hydrogen-bond donors (Lipinski definition) is 3. The molecule has 11 nitrogen and oxygen atoms in total. The van der Waals surface area contributed by atoms with Crippen molar-refractivity contribution in [1.82, 2.24) is 24.7 Å². The van der Waals surface area contributed by atoms with E-state index in [1.807, 2.05) is 19.2 Å². The first-order valence-electron chi connectivity index (χ1n) is 11.1. The molecule has 180 valence electrons. The van der Waals surface area contributed by atoms with Gasteiger partial charge in [-0.3, -0.25) is 9.48 Å². The SMILES string of the molecule is CC[C@@H]1CNCC[C@@]1(Nc1c(C(N)=O)cnn2cc(-c3cnn(CCC#N)c3)cc12)S(C)(=O)=O. The van der Waals surface area contributed by atoms with Crippen molar-refractivity contribution in [1.29, 1.82) is 5.26 Å². The van der Waals surface area contributed by atoms with E-state index in [4.69, 9.17) is 11.0 Å². The highest BCUT2D eigenvalue weighted by atomic mass is 32.2. The zero-order valence-electron chi connectivity index (χ0n) is 19.2. The van der Waals surface area contributed by atoms with Crippen molar-refractivity contribution in [2.75, 3.05) is 24.7 Å². The smallest absolute Gasteiger partial charge is 0.252 e. The first-order chi connectivity index (χ1) is 16.2. The third-order valence-electron chi connectivity index (χ3n) is 6.54. The molecular formula is C22H28N8O3S. The minimum Gasteiger partial charge on any atom is -0.365 e. The summed E-state index contributed by atoms with van der Waals surface area (Å²) in [5.74, 6) is -0.909. The monoisotopic (exact) mass is 484 g/mol. The number of hydrogen-bond acceptors (Lipinski definition) is 8. The van der Waals surface area contributed by atoms with E-state index >= 15 is 0 Å². The van der Waals surface area contributed by atoms with Gasteiger partial charge in [0.1, 0.15) is 4.87 Å². The molecule has 0 spiro atoms. The lowest BCUT2D eigenvalue weighted by molar-refractivity contribution is 0.100. The van der Waals surface area contributed by atoms with E-state index in [1.54, 1.807) is 21.6 Å². The number of nitrogens with two attached hydrogens (primary N) is 1. The Morgan fingerprint density at radius 2 is 2.15 bits per heavy atom. The van der Waals surface area contributed by atoms with E-state index in [0.29, 0.717) is 50.1 Å². The Kier molecular flexibility index (Phi) is 6.33. The molecule has 3 aromatic heterocycles. The van der Waals surface area contributed by atoms with Crippen LogP contribution in [0.1, 0.15) is 36.5 Å². The fourth-order valence-electron chi connectivity index (χ4n) is 4.68. The summed E-state index contributed by atoms with van der Waals surface area (Å²) in [6.07, 6.45) is 9.20. The van der Waals surface area contributed by atoms with Crippen molar-refractivity contribution in [2.45, 2.75) is 37.6 Å². The van der Waals surface area contributed by atoms with Crippen LogP contribution in [0.4, 0.5) is 5.69 Å². The quantitative estimate of drug-likeness (QED) is 0.432. The van der Waals surface area contributed by atoms with Gasteiger partial charge in [-0.1, -0.05) is 6.92 Å². The summed E-state index contributed by atoms with van der Waals surface area (Å²) >= 11 is 0. The molecule has 1 aliphatic heterocycles. The molecule has 12 heteroatoms. The van der Waals surface area contributed by atoms with Crippen LogP contribution in [0.2, 0.25) is 0 Å². The number of nitrogens with zero attached hydrogens (tertiary/aromatic N) is 5. The molecule has 4 rings (SSSR count). The molecule has 34 heavy (non-hydrogen) atoms. The third kappa shape index (κ3) is 4.12. The highest BCUT2D eigenvalue weighted by Gasteiger charge is 2.49. The van der Waals surface area contributed by atoms with Crippen molar-refractivity contribution in [3.8, 4) is 17.2 Å². The maximum absolute atomic E-state index is 13.2. The van der Waals surface area contributed by atoms with Crippen LogP contribution in [0.3, 0.4) is 0 Å². The van der Waals surface area contributed by atoms with Crippen LogP contribution in [-0.4, -0.2) is 57.9 Å². The molecule has 0 unspecified atom stereocenters. The Bertz CT molecular complexity index is 1370. The number of amides is 1. The molecule has 3 aromatic rings. The number of fused-ring (bicyclic) bond motifs is 1. The minimum atomic E-state index is -3.58. The van der Waals surface area contributed by atoms with Crippen LogP contribution in [-0.2, 0) is 16.4 Å². The number of carbonyl (C=O) groups is 1. The molecule has 0 radical (unpaired) electrons. The standard InChI is InChI=1S/C22H28N8O3S/c1-3-17-11-25-7-5-22(17,34(2,32)33)28-20-18(21(24)31)12-27-30-14-15(9-19(20)30)16-10-26-29(13-16)8-4-6-23/h9-10,12-14,17,25,28H,3-5,7-8,11H2,1-2H3,(H2,24,31)/t17-,22-/m1/s1. The van der Waals surface area contributed by atoms with Gasteiger partial charge in [0.2, 0.25) is 0 Å². The Labute approximate surface area is 197 Å². The van der Waals surface area contributed by atoms with Gasteiger partial charge in [0.05, 0.1) is 48.2 Å². The molecule has 1 fully saturated rings. The summed E-state index contributed by atoms with van der Waals surface area (Å²) in [4.78, 5) is 11.1. The van der Waals surface area contributed by atoms with Crippen molar-refractivity contribution < 1.29 is 13.2 Å². The first-order valence-corrected chi connectivity index (χ1v) is 13.0. The fourth-order valence-corrected chi connectivity index (χ4v) is 6.30. The van der Waals surface area contributed by atoms with E-state index in [2.05, 4.69) is 26.9 Å². The maximum Gasteiger partial charge on any atom is 0.252 e. The zero-order chi connectivity index (χ0) is 24.5. The topological polar surface area (TPSA) is 160 Å². The van der Waals surface area contributed by atoms with Crippen molar-refractivity contribution in [2.24, 2.45) is 11.7 Å². The van der Waals surface area contributed by atoms with Gasteiger partial charge in [0, 0.05) is 42.2 Å². The van der Waals surface area contributed by atoms with Gasteiger partial charge in [0.25, 0.3) is 5.91 Å². The number of carbonyl (C=O) groups excluding carboxylic acids is 1. The van der Waals surface area contributed by atoms with Crippen molar-refractivity contribution >= 4 is 26.9 Å². The van der Waals surface area contributed by atoms with Gasteiger partial charge in [-0.2, -0.15) is 15.5 Å². The molecule has 0 bridgehead atoms. The number of rotatable bonds is 8. The molecule has 2 atom stereocenters. The van der Waals surface area contributed by atoms with Gasteiger partial charge in [0.15, 0.2) is 9.84 Å². The summed E-state index contributed by atoms with van der Waals surface area (Å²) in [5, 5.41) is 24.0. The van der Waals surface area contributed by atoms with Crippen LogP contribution in [0.25, 0.3) is 16.6 Å².